The molecule has 0 aliphatic carbocycles. The second-order valence-electron chi connectivity index (χ2n) is 5.73. The Balaban J connectivity index is 3.23. The summed E-state index contributed by atoms with van der Waals surface area (Å²) in [5, 5.41) is 0. The van der Waals surface area contributed by atoms with Crippen molar-refractivity contribution in [3.05, 3.63) is 11.9 Å². The summed E-state index contributed by atoms with van der Waals surface area (Å²) in [4.78, 5) is 0. The number of allylic oxidation sites excluding steroid dienone is 2. The maximum Gasteiger partial charge on any atom is 0.0959 e. The van der Waals surface area contributed by atoms with E-state index in [0.29, 0.717) is 6.42 Å². The molecule has 0 nitrogen and oxygen atoms in total. The van der Waals surface area contributed by atoms with Crippen molar-refractivity contribution in [2.45, 2.75) is 104 Å². The highest BCUT2D eigenvalue weighted by Gasteiger charge is 1.96. The Morgan fingerprint density at radius 3 is 1.74 bits per heavy atom. The van der Waals surface area contributed by atoms with Crippen molar-refractivity contribution >= 4 is 0 Å². The van der Waals surface area contributed by atoms with Gasteiger partial charge in [0.05, 0.1) is 5.83 Å². The molecule has 0 saturated heterocycles. The fraction of sp³-hybridized carbons (Fsp3) is 0.889. The third kappa shape index (κ3) is 15.6. The average molecular weight is 270 g/mol. The molecule has 0 aromatic rings. The zero-order chi connectivity index (χ0) is 14.2. The molecule has 0 unspecified atom stereocenters. The Bertz CT molecular complexity index is 196. The van der Waals surface area contributed by atoms with Gasteiger partial charge in [0.15, 0.2) is 0 Å². The molecule has 0 rings (SSSR count). The molecule has 0 aromatic carbocycles. The number of halogens is 1. The minimum Gasteiger partial charge on any atom is -0.212 e. The summed E-state index contributed by atoms with van der Waals surface area (Å²) in [6.45, 7) is 4.45. The van der Waals surface area contributed by atoms with Crippen LogP contribution >= 0.6 is 0 Å². The van der Waals surface area contributed by atoms with E-state index < -0.39 is 0 Å². The fourth-order valence-electron chi connectivity index (χ4n) is 2.36. The lowest BCUT2D eigenvalue weighted by molar-refractivity contribution is 0.529. The van der Waals surface area contributed by atoms with Crippen LogP contribution in [-0.2, 0) is 0 Å². The SMILES string of the molecule is CCCCCC/C=C(/F)CCCCCCCCCC. The van der Waals surface area contributed by atoms with E-state index in [1.807, 2.05) is 6.08 Å². The van der Waals surface area contributed by atoms with Crippen molar-refractivity contribution in [3.63, 3.8) is 0 Å². The van der Waals surface area contributed by atoms with E-state index in [0.717, 1.165) is 19.3 Å². The second-order valence-corrected chi connectivity index (χ2v) is 5.73. The van der Waals surface area contributed by atoms with Crippen LogP contribution in [0, 0.1) is 0 Å². The predicted molar refractivity (Wildman–Crippen MR) is 85.2 cm³/mol. The molecule has 0 spiro atoms. The van der Waals surface area contributed by atoms with Crippen LogP contribution in [0.1, 0.15) is 104 Å². The molecule has 114 valence electrons. The number of hydrogen-bond acceptors (Lipinski definition) is 0. The van der Waals surface area contributed by atoms with E-state index in [9.17, 15) is 4.39 Å². The molecule has 0 fully saturated rings. The molecule has 0 saturated carbocycles. The first-order valence-corrected chi connectivity index (χ1v) is 8.65. The van der Waals surface area contributed by atoms with E-state index >= 15 is 0 Å². The van der Waals surface area contributed by atoms with Crippen molar-refractivity contribution in [3.8, 4) is 0 Å². The molecule has 0 radical (unpaired) electrons. The van der Waals surface area contributed by atoms with Crippen LogP contribution < -0.4 is 0 Å². The van der Waals surface area contributed by atoms with Gasteiger partial charge in [0, 0.05) is 0 Å². The first-order valence-electron chi connectivity index (χ1n) is 8.65. The first-order chi connectivity index (χ1) is 9.31. The minimum absolute atomic E-state index is 0.127. The van der Waals surface area contributed by atoms with Gasteiger partial charge in [-0.05, 0) is 25.7 Å². The molecule has 0 amide bonds. The summed E-state index contributed by atoms with van der Waals surface area (Å²) >= 11 is 0. The van der Waals surface area contributed by atoms with Gasteiger partial charge >= 0.3 is 0 Å². The van der Waals surface area contributed by atoms with E-state index in [1.165, 1.54) is 64.2 Å². The van der Waals surface area contributed by atoms with Gasteiger partial charge in [-0.25, -0.2) is 4.39 Å². The second kappa shape index (κ2) is 15.7. The highest BCUT2D eigenvalue weighted by Crippen LogP contribution is 2.15. The molecule has 0 aliphatic rings. The lowest BCUT2D eigenvalue weighted by Gasteiger charge is -2.01. The molecule has 0 aromatic heterocycles. The Kier molecular flexibility index (Phi) is 15.5. The summed E-state index contributed by atoms with van der Waals surface area (Å²) < 4.78 is 13.4. The molecular formula is C18H35F. The van der Waals surface area contributed by atoms with Crippen LogP contribution in [-0.4, -0.2) is 0 Å². The molecule has 0 aliphatic heterocycles. The van der Waals surface area contributed by atoms with Crippen molar-refractivity contribution in [1.29, 1.82) is 0 Å². The Hall–Kier alpha value is -0.330. The third-order valence-corrected chi connectivity index (χ3v) is 3.69. The van der Waals surface area contributed by atoms with Gasteiger partial charge in [-0.3, -0.25) is 0 Å². The minimum atomic E-state index is 0.127. The average Bonchev–Trinajstić information content (AvgIpc) is 2.41. The van der Waals surface area contributed by atoms with E-state index in [2.05, 4.69) is 13.8 Å². The third-order valence-electron chi connectivity index (χ3n) is 3.69. The quantitative estimate of drug-likeness (QED) is 0.290. The highest BCUT2D eigenvalue weighted by molar-refractivity contribution is 4.91. The molecule has 19 heavy (non-hydrogen) atoms. The van der Waals surface area contributed by atoms with Crippen molar-refractivity contribution in [1.82, 2.24) is 0 Å². The van der Waals surface area contributed by atoms with Gasteiger partial charge in [0.1, 0.15) is 0 Å². The monoisotopic (exact) mass is 270 g/mol. The van der Waals surface area contributed by atoms with Gasteiger partial charge in [0.25, 0.3) is 0 Å². The molecular weight excluding hydrogens is 235 g/mol. The zero-order valence-corrected chi connectivity index (χ0v) is 13.4. The lowest BCUT2D eigenvalue weighted by atomic mass is 10.1. The van der Waals surface area contributed by atoms with Crippen LogP contribution in [0.3, 0.4) is 0 Å². The molecule has 0 N–H and O–H groups in total. The maximum absolute atomic E-state index is 13.4. The molecule has 1 heteroatoms. The standard InChI is InChI=1S/C18H35F/c1-3-5-7-9-10-11-13-15-17-18(19)16-14-12-8-6-4-2/h16H,3-15,17H2,1-2H3/b18-16+. The summed E-state index contributed by atoms with van der Waals surface area (Å²) in [6.07, 6.45) is 18.6. The summed E-state index contributed by atoms with van der Waals surface area (Å²) in [6, 6.07) is 0. The van der Waals surface area contributed by atoms with E-state index in [-0.39, 0.29) is 5.83 Å². The van der Waals surface area contributed by atoms with Crippen LogP contribution in [0.4, 0.5) is 4.39 Å². The molecule has 0 atom stereocenters. The van der Waals surface area contributed by atoms with Gasteiger partial charge in [0.2, 0.25) is 0 Å². The van der Waals surface area contributed by atoms with E-state index in [4.69, 9.17) is 0 Å². The smallest absolute Gasteiger partial charge is 0.0959 e. The highest BCUT2D eigenvalue weighted by atomic mass is 19.1. The number of hydrogen-bond donors (Lipinski definition) is 0. The number of rotatable bonds is 14. The lowest BCUT2D eigenvalue weighted by Crippen LogP contribution is -1.82. The largest absolute Gasteiger partial charge is 0.212 e. The zero-order valence-electron chi connectivity index (χ0n) is 13.4. The maximum atomic E-state index is 13.4. The summed E-state index contributed by atoms with van der Waals surface area (Å²) in [7, 11) is 0. The van der Waals surface area contributed by atoms with E-state index in [1.54, 1.807) is 0 Å². The molecule has 0 bridgehead atoms. The van der Waals surface area contributed by atoms with Crippen molar-refractivity contribution in [2.75, 3.05) is 0 Å². The van der Waals surface area contributed by atoms with Crippen LogP contribution in [0.5, 0.6) is 0 Å². The van der Waals surface area contributed by atoms with Crippen molar-refractivity contribution in [2.24, 2.45) is 0 Å². The Morgan fingerprint density at radius 1 is 0.684 bits per heavy atom. The fourth-order valence-corrected chi connectivity index (χ4v) is 2.36. The number of unbranched alkanes of at least 4 members (excludes halogenated alkanes) is 11. The first kappa shape index (κ1) is 18.7. The van der Waals surface area contributed by atoms with Gasteiger partial charge in [-0.1, -0.05) is 84.1 Å². The normalized spacial score (nSPS) is 12.1. The van der Waals surface area contributed by atoms with Gasteiger partial charge < -0.3 is 0 Å². The van der Waals surface area contributed by atoms with Crippen molar-refractivity contribution < 1.29 is 4.39 Å². The van der Waals surface area contributed by atoms with Crippen LogP contribution in [0.15, 0.2) is 11.9 Å². The summed E-state index contributed by atoms with van der Waals surface area (Å²) in [5.74, 6) is 0.127. The summed E-state index contributed by atoms with van der Waals surface area (Å²) in [5.41, 5.74) is 0. The Morgan fingerprint density at radius 2 is 1.16 bits per heavy atom. The predicted octanol–water partition coefficient (Wildman–Crippen LogP) is 7.34. The molecule has 0 heterocycles. The Labute approximate surface area is 120 Å². The topological polar surface area (TPSA) is 0 Å². The van der Waals surface area contributed by atoms with Crippen LogP contribution in [0.2, 0.25) is 0 Å². The van der Waals surface area contributed by atoms with Crippen LogP contribution in [0.25, 0.3) is 0 Å². The van der Waals surface area contributed by atoms with Gasteiger partial charge in [-0.15, -0.1) is 0 Å². The van der Waals surface area contributed by atoms with Gasteiger partial charge in [-0.2, -0.15) is 0 Å².